The molecule has 1 saturated carbocycles. The first kappa shape index (κ1) is 115. The molecule has 34 heteroatoms. The third-order valence-electron chi connectivity index (χ3n) is 25.0. The van der Waals surface area contributed by atoms with Crippen molar-refractivity contribution in [2.75, 3.05) is 46.2 Å². The Bertz CT molecular complexity index is 6740. The standard InChI is InChI=1S/C21H20N2O2.C17H19FN2O2.C17H20N2O2.C16H16F2N2O2.C16H17FN2O2.C16H16N2O2.C12H12N4O2/c1-21(17-8-4-2-5-9-17,18-10-6-3-7-11-18)12-20-22-13-16(14-23-20)19(25)15-24;1-11-6-13(4-5-14(11)18)17(2,3)7-16-19-8-12(9-20-16)15(22)10-21;1-12-4-6-14(7-5-12)17(2,3)8-16-18-9-13(10-19-16)15(21)11-20;1-16(2,11-3-4-12(17)13(18)5-11)6-15-19-7-10(8-20-15)14(22)9-21;1-16(2,12-4-3-5-13(17)6-12)7-15-18-8-11(9-19-15)14(21)10-20;19-11-14(20)12-9-17-15(18-10-12)8-16(6-7-16)13-4-2-1-3-5-13;17-8-11(18)9-5-15-12(16-6-9)2-1-10-7-13-3-4-14-10/h2-11,13-14,24H,12,15H2,1H3;4-6,8-9,21H,7,10H2,1-3H3;4-7,9-10,20H,8,11H2,1-3H3;3-5,7-8,21H,6,9H2,1-2H3;3-6,8-9,20H,7,10H2,1-2H3;1-5,9-10,19H,6-8,11H2;3-7,17H,1-2,8H2. The van der Waals surface area contributed by atoms with Gasteiger partial charge in [0.15, 0.2) is 52.1 Å². The quantitative estimate of drug-likeness (QED) is 0.0142. The van der Waals surface area contributed by atoms with E-state index in [-0.39, 0.29) is 73.0 Å². The summed E-state index contributed by atoms with van der Waals surface area (Å²) < 4.78 is 53.1. The molecule has 149 heavy (non-hydrogen) atoms. The van der Waals surface area contributed by atoms with Crippen LogP contribution in [0.25, 0.3) is 0 Å². The highest BCUT2D eigenvalue weighted by Crippen LogP contribution is 2.50. The second kappa shape index (κ2) is 54.7. The van der Waals surface area contributed by atoms with E-state index in [2.05, 4.69) is 180 Å². The summed E-state index contributed by atoms with van der Waals surface area (Å²) in [7, 11) is 0. The van der Waals surface area contributed by atoms with E-state index < -0.39 is 80.6 Å². The Kier molecular flexibility index (Phi) is 42.3. The molecule has 0 unspecified atom stereocenters. The van der Waals surface area contributed by atoms with E-state index in [0.717, 1.165) is 48.0 Å². The Balaban J connectivity index is 0.000000178. The first-order valence-corrected chi connectivity index (χ1v) is 47.8. The van der Waals surface area contributed by atoms with Gasteiger partial charge in [0.05, 0.1) is 44.6 Å². The number of carbonyl (C=O) groups excluding carboxylic acids is 7. The zero-order chi connectivity index (χ0) is 108. The van der Waals surface area contributed by atoms with Crippen molar-refractivity contribution in [1.29, 1.82) is 0 Å². The normalized spacial score (nSPS) is 11.9. The van der Waals surface area contributed by atoms with E-state index in [9.17, 15) is 51.1 Å². The van der Waals surface area contributed by atoms with E-state index in [1.165, 1.54) is 145 Å². The van der Waals surface area contributed by atoms with Crippen LogP contribution in [0.4, 0.5) is 17.6 Å². The number of aromatic nitrogens is 16. The summed E-state index contributed by atoms with van der Waals surface area (Å²) in [5.41, 5.74) is 11.0. The summed E-state index contributed by atoms with van der Waals surface area (Å²) in [6.07, 6.45) is 32.3. The lowest BCUT2D eigenvalue weighted by Crippen LogP contribution is -2.27. The lowest BCUT2D eigenvalue weighted by molar-refractivity contribution is 0.0897. The maximum atomic E-state index is 13.4. The monoisotopic (exact) mass is 2020 g/mol. The number of ketones is 7. The number of aryl methyl sites for hydroxylation is 4. The van der Waals surface area contributed by atoms with E-state index in [4.69, 9.17) is 35.7 Å². The topological polar surface area (TPSA) is 467 Å². The smallest absolute Gasteiger partial charge is 0.191 e. The molecule has 0 spiro atoms. The van der Waals surface area contributed by atoms with Crippen LogP contribution in [0.3, 0.4) is 0 Å². The van der Waals surface area contributed by atoms with Crippen molar-refractivity contribution in [2.45, 2.75) is 173 Å². The zero-order valence-electron chi connectivity index (χ0n) is 84.7. The van der Waals surface area contributed by atoms with Gasteiger partial charge in [0.2, 0.25) is 0 Å². The fourth-order valence-corrected chi connectivity index (χ4v) is 15.5. The molecule has 0 aliphatic heterocycles. The molecule has 15 aromatic rings. The van der Waals surface area contributed by atoms with Crippen LogP contribution in [0.5, 0.6) is 0 Å². The number of aliphatic hydroxyl groups excluding tert-OH is 7. The van der Waals surface area contributed by atoms with Gasteiger partial charge in [-0.05, 0) is 130 Å². The summed E-state index contributed by atoms with van der Waals surface area (Å²) in [5, 5.41) is 61.6. The van der Waals surface area contributed by atoms with Crippen LogP contribution < -0.4 is 0 Å². The summed E-state index contributed by atoms with van der Waals surface area (Å²) in [4.78, 5) is 146. The second-order valence-electron chi connectivity index (χ2n) is 38.3. The zero-order valence-corrected chi connectivity index (χ0v) is 84.7. The molecule has 772 valence electrons. The second-order valence-corrected chi connectivity index (χ2v) is 38.3. The van der Waals surface area contributed by atoms with Crippen LogP contribution in [-0.2, 0) is 83.9 Å². The van der Waals surface area contributed by atoms with Gasteiger partial charge in [0, 0.05) is 161 Å². The van der Waals surface area contributed by atoms with Crippen molar-refractivity contribution < 1.29 is 86.9 Å². The number of halogens is 4. The van der Waals surface area contributed by atoms with Crippen molar-refractivity contribution >= 4 is 40.5 Å². The number of carbonyl (C=O) groups is 7. The molecule has 1 aliphatic rings. The van der Waals surface area contributed by atoms with Crippen molar-refractivity contribution in [3.05, 3.63) is 440 Å². The summed E-state index contributed by atoms with van der Waals surface area (Å²) in [6, 6.07) is 54.7. The summed E-state index contributed by atoms with van der Waals surface area (Å²) in [5.74, 6) is -0.625. The van der Waals surface area contributed by atoms with E-state index in [1.807, 2.05) is 96.1 Å². The lowest BCUT2D eigenvalue weighted by atomic mass is 9.73. The molecule has 8 aromatic heterocycles. The van der Waals surface area contributed by atoms with Gasteiger partial charge in [0.1, 0.15) is 98.7 Å². The molecule has 0 atom stereocenters. The third kappa shape index (κ3) is 34.2. The molecule has 7 aromatic carbocycles. The molecule has 16 rings (SSSR count). The Morgan fingerprint density at radius 3 is 0.906 bits per heavy atom. The maximum absolute atomic E-state index is 13.4. The Hall–Kier alpha value is -15.7. The number of nitrogens with zero attached hydrogens (tertiary/aromatic N) is 16. The Morgan fingerprint density at radius 1 is 0.282 bits per heavy atom. The average molecular weight is 2030 g/mol. The number of hydrogen-bond donors (Lipinski definition) is 7. The van der Waals surface area contributed by atoms with Crippen LogP contribution in [0, 0.1) is 37.1 Å². The van der Waals surface area contributed by atoms with Gasteiger partial charge >= 0.3 is 0 Å². The fourth-order valence-electron chi connectivity index (χ4n) is 15.5. The number of aliphatic hydroxyl groups is 7. The van der Waals surface area contributed by atoms with Gasteiger partial charge < -0.3 is 35.7 Å². The maximum Gasteiger partial charge on any atom is 0.191 e. The first-order chi connectivity index (χ1) is 71.2. The predicted octanol–water partition coefficient (Wildman–Crippen LogP) is 15.2. The highest BCUT2D eigenvalue weighted by Gasteiger charge is 2.45. The largest absolute Gasteiger partial charge is 0.388 e. The van der Waals surface area contributed by atoms with Crippen molar-refractivity contribution in [1.82, 2.24) is 79.7 Å². The van der Waals surface area contributed by atoms with Crippen LogP contribution in [-0.4, -0.2) is 202 Å². The average Bonchev–Trinajstić information content (AvgIpc) is 1.56. The fraction of sp³-hybridized carbons (Fsp3) is 0.296. The first-order valence-electron chi connectivity index (χ1n) is 47.8. The summed E-state index contributed by atoms with van der Waals surface area (Å²) >= 11 is 0. The van der Waals surface area contributed by atoms with Crippen molar-refractivity contribution in [2.24, 2.45) is 0 Å². The van der Waals surface area contributed by atoms with Gasteiger partial charge in [-0.2, -0.15) is 0 Å². The van der Waals surface area contributed by atoms with Gasteiger partial charge in [-0.1, -0.05) is 213 Å². The number of Topliss-reactive ketones (excluding diaryl/α,β-unsaturated/α-hetero) is 7. The molecule has 1 aliphatic carbocycles. The van der Waals surface area contributed by atoms with Crippen LogP contribution in [0.1, 0.15) is 244 Å². The molecule has 0 amide bonds. The number of benzene rings is 7. The lowest BCUT2D eigenvalue weighted by Gasteiger charge is -2.30. The molecule has 7 N–H and O–H groups in total. The summed E-state index contributed by atoms with van der Waals surface area (Å²) in [6.45, 7) is 18.3. The predicted molar refractivity (Wildman–Crippen MR) is 550 cm³/mol. The number of hydrogen-bond acceptors (Lipinski definition) is 30. The third-order valence-corrected chi connectivity index (χ3v) is 25.0. The SMILES string of the molecule is CC(C)(Cc1ncc(C(=O)CO)cn1)c1ccc(F)c(F)c1.CC(C)(Cc1ncc(C(=O)CO)cn1)c1cccc(F)c1.CC(Cc1ncc(C(=O)CO)cn1)(c1ccccc1)c1ccccc1.Cc1cc(C(C)(C)Cc2ncc(C(=O)CO)cn2)ccc1F.Cc1ccc(C(C)(C)Cc2ncc(C(=O)CO)cn2)cc1.O=C(CO)c1cnc(CC2(c3ccccc3)CC2)nc1.O=C(CO)c1cnc(CCc2cnccn2)nc1. The van der Waals surface area contributed by atoms with Crippen LogP contribution in [0.15, 0.2) is 281 Å². The van der Waals surface area contributed by atoms with Gasteiger partial charge in [-0.25, -0.2) is 87.3 Å². The Morgan fingerprint density at radius 2 is 0.584 bits per heavy atom. The number of rotatable bonds is 36. The molecular weight excluding hydrogens is 1910 g/mol. The minimum Gasteiger partial charge on any atom is -0.388 e. The molecule has 0 radical (unpaired) electrons. The minimum absolute atomic E-state index is 0.0871. The van der Waals surface area contributed by atoms with E-state index in [1.54, 1.807) is 37.6 Å². The Labute approximate surface area is 861 Å². The van der Waals surface area contributed by atoms with E-state index in [0.29, 0.717) is 119 Å². The van der Waals surface area contributed by atoms with Gasteiger partial charge in [0.25, 0.3) is 0 Å². The molecule has 1 fully saturated rings. The minimum atomic E-state index is -0.893. The van der Waals surface area contributed by atoms with Crippen LogP contribution in [0.2, 0.25) is 0 Å². The molecule has 0 bridgehead atoms. The molecule has 0 saturated heterocycles. The highest BCUT2D eigenvalue weighted by atomic mass is 19.2. The van der Waals surface area contributed by atoms with Crippen LogP contribution >= 0.6 is 0 Å². The molecule has 8 heterocycles. The van der Waals surface area contributed by atoms with Crippen molar-refractivity contribution in [3.63, 3.8) is 0 Å². The highest BCUT2D eigenvalue weighted by molar-refractivity contribution is 5.99. The molecular formula is C115H120F4N16O14. The molecule has 30 nitrogen and oxygen atoms in total. The van der Waals surface area contributed by atoms with Crippen molar-refractivity contribution in [3.8, 4) is 0 Å². The van der Waals surface area contributed by atoms with Gasteiger partial charge in [-0.15, -0.1) is 0 Å². The van der Waals surface area contributed by atoms with E-state index >= 15 is 0 Å². The van der Waals surface area contributed by atoms with Gasteiger partial charge in [-0.3, -0.25) is 43.5 Å².